The third kappa shape index (κ3) is 3.12. The molecule has 27 heavy (non-hydrogen) atoms. The average Bonchev–Trinajstić information content (AvgIpc) is 2.97. The second kappa shape index (κ2) is 6.75. The first-order chi connectivity index (χ1) is 13.0. The highest BCUT2D eigenvalue weighted by molar-refractivity contribution is 6.30. The molecular formula is C20H18FN3O3. The van der Waals surface area contributed by atoms with E-state index in [4.69, 9.17) is 0 Å². The molecule has 1 fully saturated rings. The Morgan fingerprint density at radius 1 is 0.852 bits per heavy atom. The van der Waals surface area contributed by atoms with E-state index in [1.165, 1.54) is 30.3 Å². The normalized spacial score (nSPS) is 17.5. The molecule has 0 radical (unpaired) electrons. The zero-order chi connectivity index (χ0) is 19.0. The van der Waals surface area contributed by atoms with Crippen LogP contribution in [0.3, 0.4) is 0 Å². The summed E-state index contributed by atoms with van der Waals surface area (Å²) < 4.78 is 13.1. The predicted octanol–water partition coefficient (Wildman–Crippen LogP) is 2.11. The van der Waals surface area contributed by atoms with Crippen LogP contribution in [0.2, 0.25) is 0 Å². The minimum atomic E-state index is -0.426. The number of phenolic OH excluding ortho intramolecular Hbond substituents is 1. The van der Waals surface area contributed by atoms with Gasteiger partial charge in [0.15, 0.2) is 0 Å². The van der Waals surface area contributed by atoms with Gasteiger partial charge in [0.25, 0.3) is 11.8 Å². The van der Waals surface area contributed by atoms with Gasteiger partial charge in [-0.1, -0.05) is 12.1 Å². The van der Waals surface area contributed by atoms with Gasteiger partial charge in [0.2, 0.25) is 0 Å². The number of hydrogen-bond donors (Lipinski definition) is 1. The zero-order valence-electron chi connectivity index (χ0n) is 14.5. The summed E-state index contributed by atoms with van der Waals surface area (Å²) in [6.07, 6.45) is 1.33. The van der Waals surface area contributed by atoms with Crippen LogP contribution in [0.15, 0.2) is 60.3 Å². The monoisotopic (exact) mass is 367 g/mol. The number of nitrogens with zero attached hydrogens (tertiary/aromatic N) is 3. The Kier molecular flexibility index (Phi) is 4.27. The summed E-state index contributed by atoms with van der Waals surface area (Å²) in [5, 5.41) is 10.00. The standard InChI is InChI=1S/C20H18FN3O3/c21-14-5-7-15(8-6-14)24-19(26)13-17(20(24)27)23-11-9-22(10-12-23)16-3-1-2-4-18(16)25/h1-8,13,25H,9-12H2. The third-order valence-corrected chi connectivity index (χ3v) is 4.83. The number of benzene rings is 2. The Morgan fingerprint density at radius 2 is 1.48 bits per heavy atom. The molecule has 4 rings (SSSR count). The second-order valence-electron chi connectivity index (χ2n) is 6.45. The maximum Gasteiger partial charge on any atom is 0.281 e. The number of aromatic hydroxyl groups is 1. The van der Waals surface area contributed by atoms with Crippen LogP contribution in [0, 0.1) is 5.82 Å². The summed E-state index contributed by atoms with van der Waals surface area (Å²) in [5.41, 5.74) is 1.46. The molecule has 1 saturated heterocycles. The van der Waals surface area contributed by atoms with Crippen LogP contribution in [-0.2, 0) is 9.59 Å². The number of amides is 2. The number of carbonyl (C=O) groups excluding carboxylic acids is 2. The number of hydrogen-bond acceptors (Lipinski definition) is 5. The Balaban J connectivity index is 1.47. The van der Waals surface area contributed by atoms with Crippen molar-refractivity contribution >= 4 is 23.2 Å². The molecule has 7 heteroatoms. The molecule has 0 aliphatic carbocycles. The lowest BCUT2D eigenvalue weighted by Crippen LogP contribution is -2.47. The van der Waals surface area contributed by atoms with Crippen LogP contribution in [0.1, 0.15) is 0 Å². The summed E-state index contributed by atoms with van der Waals surface area (Å²) in [6.45, 7) is 2.34. The minimum Gasteiger partial charge on any atom is -0.506 e. The van der Waals surface area contributed by atoms with Crippen LogP contribution >= 0.6 is 0 Å². The number of carbonyl (C=O) groups is 2. The third-order valence-electron chi connectivity index (χ3n) is 4.83. The molecule has 0 atom stereocenters. The number of rotatable bonds is 3. The lowest BCUT2D eigenvalue weighted by molar-refractivity contribution is -0.121. The van der Waals surface area contributed by atoms with Gasteiger partial charge in [0.1, 0.15) is 17.3 Å². The molecular weight excluding hydrogens is 349 g/mol. The lowest BCUT2D eigenvalue weighted by atomic mass is 10.2. The molecule has 2 aromatic carbocycles. The Bertz CT molecular complexity index is 918. The van der Waals surface area contributed by atoms with E-state index in [9.17, 15) is 19.1 Å². The number of halogens is 1. The Morgan fingerprint density at radius 3 is 2.15 bits per heavy atom. The van der Waals surface area contributed by atoms with Gasteiger partial charge >= 0.3 is 0 Å². The van der Waals surface area contributed by atoms with Crippen molar-refractivity contribution < 1.29 is 19.1 Å². The van der Waals surface area contributed by atoms with Crippen molar-refractivity contribution in [2.45, 2.75) is 0 Å². The number of piperazine rings is 1. The fourth-order valence-electron chi connectivity index (χ4n) is 3.44. The van der Waals surface area contributed by atoms with E-state index in [2.05, 4.69) is 0 Å². The van der Waals surface area contributed by atoms with E-state index >= 15 is 0 Å². The molecule has 2 amide bonds. The number of anilines is 2. The summed E-state index contributed by atoms with van der Waals surface area (Å²) in [7, 11) is 0. The molecule has 1 N–H and O–H groups in total. The number of phenols is 1. The van der Waals surface area contributed by atoms with Crippen molar-refractivity contribution in [2.24, 2.45) is 0 Å². The quantitative estimate of drug-likeness (QED) is 0.842. The molecule has 2 aliphatic rings. The first kappa shape index (κ1) is 17.1. The molecule has 0 unspecified atom stereocenters. The largest absolute Gasteiger partial charge is 0.506 e. The molecule has 2 aromatic rings. The summed E-state index contributed by atoms with van der Waals surface area (Å²) >= 11 is 0. The van der Waals surface area contributed by atoms with Gasteiger partial charge in [-0.3, -0.25) is 9.59 Å². The SMILES string of the molecule is O=C1C=C(N2CCN(c3ccccc3O)CC2)C(=O)N1c1ccc(F)cc1. The van der Waals surface area contributed by atoms with Crippen LogP contribution in [0.4, 0.5) is 15.8 Å². The van der Waals surface area contributed by atoms with Crippen molar-refractivity contribution in [3.8, 4) is 5.75 Å². The average molecular weight is 367 g/mol. The van der Waals surface area contributed by atoms with E-state index in [0.29, 0.717) is 37.6 Å². The van der Waals surface area contributed by atoms with E-state index in [1.807, 2.05) is 21.9 Å². The van der Waals surface area contributed by atoms with Crippen molar-refractivity contribution in [3.05, 3.63) is 66.1 Å². The van der Waals surface area contributed by atoms with Crippen molar-refractivity contribution in [1.29, 1.82) is 0 Å². The van der Waals surface area contributed by atoms with Gasteiger partial charge in [0, 0.05) is 32.3 Å². The fraction of sp³-hybridized carbons (Fsp3) is 0.200. The highest BCUT2D eigenvalue weighted by Gasteiger charge is 2.36. The van der Waals surface area contributed by atoms with Crippen molar-refractivity contribution in [3.63, 3.8) is 0 Å². The van der Waals surface area contributed by atoms with E-state index in [1.54, 1.807) is 12.1 Å². The van der Waals surface area contributed by atoms with Crippen LogP contribution in [-0.4, -0.2) is 48.0 Å². The number of para-hydroxylation sites is 2. The smallest absolute Gasteiger partial charge is 0.281 e. The predicted molar refractivity (Wildman–Crippen MR) is 98.9 cm³/mol. The first-order valence-corrected chi connectivity index (χ1v) is 8.68. The first-order valence-electron chi connectivity index (χ1n) is 8.68. The Hall–Kier alpha value is -3.35. The molecule has 0 bridgehead atoms. The van der Waals surface area contributed by atoms with Crippen LogP contribution in [0.25, 0.3) is 0 Å². The molecule has 0 aromatic heterocycles. The summed E-state index contributed by atoms with van der Waals surface area (Å²) in [5.74, 6) is -1.03. The highest BCUT2D eigenvalue weighted by Crippen LogP contribution is 2.29. The van der Waals surface area contributed by atoms with Gasteiger partial charge in [-0.25, -0.2) is 9.29 Å². The van der Waals surface area contributed by atoms with Crippen molar-refractivity contribution in [2.75, 3.05) is 36.0 Å². The molecule has 0 saturated carbocycles. The molecule has 2 aliphatic heterocycles. The highest BCUT2D eigenvalue weighted by atomic mass is 19.1. The molecule has 6 nitrogen and oxygen atoms in total. The second-order valence-corrected chi connectivity index (χ2v) is 6.45. The lowest BCUT2D eigenvalue weighted by Gasteiger charge is -2.37. The van der Waals surface area contributed by atoms with E-state index in [-0.39, 0.29) is 5.75 Å². The topological polar surface area (TPSA) is 64.1 Å². The van der Waals surface area contributed by atoms with Crippen molar-refractivity contribution in [1.82, 2.24) is 4.90 Å². The van der Waals surface area contributed by atoms with Gasteiger partial charge in [-0.15, -0.1) is 0 Å². The maximum absolute atomic E-state index is 13.1. The Labute approximate surface area is 155 Å². The molecule has 0 spiro atoms. The number of imide groups is 1. The zero-order valence-corrected chi connectivity index (χ0v) is 14.5. The van der Waals surface area contributed by atoms with E-state index < -0.39 is 17.6 Å². The van der Waals surface area contributed by atoms with E-state index in [0.717, 1.165) is 10.6 Å². The van der Waals surface area contributed by atoms with Crippen LogP contribution in [0.5, 0.6) is 5.75 Å². The summed E-state index contributed by atoms with van der Waals surface area (Å²) in [6, 6.07) is 12.4. The van der Waals surface area contributed by atoms with Gasteiger partial charge in [0.05, 0.1) is 11.4 Å². The van der Waals surface area contributed by atoms with Gasteiger partial charge in [-0.05, 0) is 36.4 Å². The summed E-state index contributed by atoms with van der Waals surface area (Å²) in [4.78, 5) is 30.1. The molecule has 2 heterocycles. The minimum absolute atomic E-state index is 0.222. The molecule has 138 valence electrons. The van der Waals surface area contributed by atoms with Crippen LogP contribution < -0.4 is 9.80 Å². The van der Waals surface area contributed by atoms with Gasteiger partial charge in [-0.2, -0.15) is 0 Å². The van der Waals surface area contributed by atoms with Gasteiger partial charge < -0.3 is 14.9 Å². The fourth-order valence-corrected chi connectivity index (χ4v) is 3.44. The maximum atomic E-state index is 13.1.